The van der Waals surface area contributed by atoms with E-state index in [-0.39, 0.29) is 6.54 Å². The molecule has 6 heteroatoms. The molecule has 88 valence electrons. The summed E-state index contributed by atoms with van der Waals surface area (Å²) in [5.74, 6) is -0.0487. The lowest BCUT2D eigenvalue weighted by Crippen LogP contribution is -2.33. The summed E-state index contributed by atoms with van der Waals surface area (Å²) >= 11 is 0. The third-order valence-electron chi connectivity index (χ3n) is 2.62. The van der Waals surface area contributed by atoms with Crippen molar-refractivity contribution in [2.24, 2.45) is 5.92 Å². The lowest BCUT2D eigenvalue weighted by atomic mass is 10.2. The monoisotopic (exact) mass is 232 g/mol. The summed E-state index contributed by atoms with van der Waals surface area (Å²) < 4.78 is 0. The van der Waals surface area contributed by atoms with E-state index in [9.17, 15) is 4.79 Å². The van der Waals surface area contributed by atoms with E-state index in [0.717, 1.165) is 12.8 Å². The molecule has 1 saturated carbocycles. The van der Waals surface area contributed by atoms with Crippen molar-refractivity contribution >= 4 is 11.8 Å². The number of carboxylic acids is 1. The predicted octanol–water partition coefficient (Wildman–Crippen LogP) is 0.649. The molecule has 0 aliphatic heterocycles. The average Bonchev–Trinajstić information content (AvgIpc) is 3.11. The summed E-state index contributed by atoms with van der Waals surface area (Å²) in [5.41, 5.74) is 0.363. The zero-order chi connectivity index (χ0) is 12.3. The van der Waals surface area contributed by atoms with E-state index in [1.807, 2.05) is 6.07 Å². The topological polar surface area (TPSA) is 90.1 Å². The summed E-state index contributed by atoms with van der Waals surface area (Å²) in [5, 5.41) is 25.4. The van der Waals surface area contributed by atoms with Gasteiger partial charge in [0.2, 0.25) is 0 Å². The van der Waals surface area contributed by atoms with Crippen LogP contribution in [0.25, 0.3) is 0 Å². The lowest BCUT2D eigenvalue weighted by molar-refractivity contribution is -0.135. The number of nitrogens with zero attached hydrogens (tertiary/aromatic N) is 4. The third kappa shape index (κ3) is 2.91. The second-order valence-electron chi connectivity index (χ2n) is 4.10. The maximum absolute atomic E-state index is 10.8. The zero-order valence-electron chi connectivity index (χ0n) is 9.20. The van der Waals surface area contributed by atoms with Crippen LogP contribution in [0.5, 0.6) is 0 Å². The van der Waals surface area contributed by atoms with Gasteiger partial charge < -0.3 is 10.0 Å². The fourth-order valence-corrected chi connectivity index (χ4v) is 1.65. The summed E-state index contributed by atoms with van der Waals surface area (Å²) in [6.07, 6.45) is 3.65. The quantitative estimate of drug-likeness (QED) is 0.801. The van der Waals surface area contributed by atoms with Gasteiger partial charge in [0.05, 0.1) is 11.8 Å². The minimum absolute atomic E-state index is 0.149. The maximum Gasteiger partial charge on any atom is 0.323 e. The van der Waals surface area contributed by atoms with Crippen LogP contribution >= 0.6 is 0 Å². The normalized spacial score (nSPS) is 14.1. The Morgan fingerprint density at radius 3 is 3.00 bits per heavy atom. The minimum atomic E-state index is -0.930. The molecule has 0 spiro atoms. The summed E-state index contributed by atoms with van der Waals surface area (Å²) in [7, 11) is 0. The van der Waals surface area contributed by atoms with Gasteiger partial charge in [0.1, 0.15) is 12.6 Å². The van der Waals surface area contributed by atoms with E-state index >= 15 is 0 Å². The van der Waals surface area contributed by atoms with Gasteiger partial charge in [-0.3, -0.25) is 4.79 Å². The first-order valence-electron chi connectivity index (χ1n) is 5.39. The smallest absolute Gasteiger partial charge is 0.323 e. The van der Waals surface area contributed by atoms with E-state index in [1.165, 1.54) is 6.20 Å². The van der Waals surface area contributed by atoms with Crippen LogP contribution in [0.4, 0.5) is 5.82 Å². The zero-order valence-corrected chi connectivity index (χ0v) is 9.20. The minimum Gasteiger partial charge on any atom is -0.480 e. The Morgan fingerprint density at radius 1 is 1.65 bits per heavy atom. The number of nitriles is 1. The van der Waals surface area contributed by atoms with E-state index in [0.29, 0.717) is 23.8 Å². The highest BCUT2D eigenvalue weighted by atomic mass is 16.4. The Balaban J connectivity index is 2.23. The van der Waals surface area contributed by atoms with Gasteiger partial charge in [-0.15, -0.1) is 5.10 Å². The molecule has 0 unspecified atom stereocenters. The number of aliphatic carboxylic acids is 1. The first-order chi connectivity index (χ1) is 8.20. The molecule has 0 atom stereocenters. The van der Waals surface area contributed by atoms with Crippen LogP contribution in [-0.2, 0) is 4.79 Å². The highest BCUT2D eigenvalue weighted by molar-refractivity contribution is 5.74. The van der Waals surface area contributed by atoms with Crippen LogP contribution in [0.15, 0.2) is 12.3 Å². The predicted molar refractivity (Wildman–Crippen MR) is 59.3 cm³/mol. The van der Waals surface area contributed by atoms with E-state index in [2.05, 4.69) is 10.2 Å². The molecule has 1 aliphatic rings. The Bertz CT molecular complexity index is 465. The molecule has 1 aromatic rings. The van der Waals surface area contributed by atoms with E-state index in [1.54, 1.807) is 11.0 Å². The highest BCUT2D eigenvalue weighted by Crippen LogP contribution is 2.31. The van der Waals surface area contributed by atoms with Crippen molar-refractivity contribution < 1.29 is 9.90 Å². The molecule has 0 amide bonds. The van der Waals surface area contributed by atoms with Crippen molar-refractivity contribution in [3.05, 3.63) is 17.8 Å². The van der Waals surface area contributed by atoms with Gasteiger partial charge in [0.15, 0.2) is 5.82 Å². The first-order valence-corrected chi connectivity index (χ1v) is 5.39. The molecule has 1 N–H and O–H groups in total. The lowest BCUT2D eigenvalue weighted by Gasteiger charge is -2.21. The first kappa shape index (κ1) is 11.3. The number of carboxylic acid groups (broad SMARTS) is 1. The van der Waals surface area contributed by atoms with Gasteiger partial charge in [-0.25, -0.2) is 0 Å². The van der Waals surface area contributed by atoms with Gasteiger partial charge in [-0.05, 0) is 24.8 Å². The fourth-order valence-electron chi connectivity index (χ4n) is 1.65. The van der Waals surface area contributed by atoms with E-state index < -0.39 is 5.97 Å². The molecule has 6 nitrogen and oxygen atoms in total. The van der Waals surface area contributed by atoms with Crippen molar-refractivity contribution in [1.82, 2.24) is 10.2 Å². The largest absolute Gasteiger partial charge is 0.480 e. The highest BCUT2D eigenvalue weighted by Gasteiger charge is 2.27. The number of rotatable bonds is 5. The number of carbonyl (C=O) groups is 1. The molecule has 0 bridgehead atoms. The van der Waals surface area contributed by atoms with Crippen molar-refractivity contribution in [3.63, 3.8) is 0 Å². The molecule has 2 rings (SSSR count). The van der Waals surface area contributed by atoms with Gasteiger partial charge >= 0.3 is 5.97 Å². The van der Waals surface area contributed by atoms with Crippen molar-refractivity contribution in [2.45, 2.75) is 12.8 Å². The molecule has 17 heavy (non-hydrogen) atoms. The molecule has 0 aromatic carbocycles. The number of aromatic nitrogens is 2. The van der Waals surface area contributed by atoms with Gasteiger partial charge in [0.25, 0.3) is 0 Å². The molecule has 1 heterocycles. The summed E-state index contributed by atoms with van der Waals surface area (Å²) in [6, 6.07) is 3.55. The molecular formula is C11H12N4O2. The Labute approximate surface area is 98.5 Å². The second kappa shape index (κ2) is 4.78. The van der Waals surface area contributed by atoms with Crippen LogP contribution in [0.1, 0.15) is 18.4 Å². The Hall–Kier alpha value is -2.16. The molecule has 1 fully saturated rings. The molecule has 0 saturated heterocycles. The molecular weight excluding hydrogens is 220 g/mol. The van der Waals surface area contributed by atoms with Gasteiger partial charge in [-0.1, -0.05) is 0 Å². The molecule has 1 aromatic heterocycles. The van der Waals surface area contributed by atoms with Crippen molar-refractivity contribution in [1.29, 1.82) is 5.26 Å². The van der Waals surface area contributed by atoms with Crippen molar-refractivity contribution in [3.8, 4) is 6.07 Å². The summed E-state index contributed by atoms with van der Waals surface area (Å²) in [6.45, 7) is 0.476. The maximum atomic E-state index is 10.8. The average molecular weight is 232 g/mol. The van der Waals surface area contributed by atoms with Crippen LogP contribution in [-0.4, -0.2) is 34.4 Å². The third-order valence-corrected chi connectivity index (χ3v) is 2.62. The number of hydrogen-bond donors (Lipinski definition) is 1. The number of anilines is 1. The SMILES string of the molecule is N#Cc1ccnnc1N(CC(=O)O)CC1CC1. The fraction of sp³-hybridized carbons (Fsp3) is 0.455. The number of hydrogen-bond acceptors (Lipinski definition) is 5. The molecule has 0 radical (unpaired) electrons. The van der Waals surface area contributed by atoms with Crippen LogP contribution in [0, 0.1) is 17.2 Å². The van der Waals surface area contributed by atoms with E-state index in [4.69, 9.17) is 10.4 Å². The second-order valence-corrected chi connectivity index (χ2v) is 4.10. The summed E-state index contributed by atoms with van der Waals surface area (Å²) in [4.78, 5) is 12.4. The van der Waals surface area contributed by atoms with Crippen LogP contribution < -0.4 is 4.90 Å². The van der Waals surface area contributed by atoms with Gasteiger partial charge in [-0.2, -0.15) is 10.4 Å². The van der Waals surface area contributed by atoms with Crippen molar-refractivity contribution in [2.75, 3.05) is 18.0 Å². The Morgan fingerprint density at radius 2 is 2.41 bits per heavy atom. The van der Waals surface area contributed by atoms with Crippen LogP contribution in [0.3, 0.4) is 0 Å². The van der Waals surface area contributed by atoms with Crippen LogP contribution in [0.2, 0.25) is 0 Å². The standard InChI is InChI=1S/C11H12N4O2/c12-5-9-3-4-13-14-11(9)15(7-10(16)17)6-8-1-2-8/h3-4,8H,1-2,6-7H2,(H,16,17). The molecule has 1 aliphatic carbocycles. The van der Waals surface area contributed by atoms with Gasteiger partial charge in [0, 0.05) is 6.54 Å². The Kier molecular flexibility index (Phi) is 3.19.